The Hall–Kier alpha value is 0.0500. The second kappa shape index (κ2) is 5.40. The van der Waals surface area contributed by atoms with Gasteiger partial charge in [-0.3, -0.25) is 0 Å². The molecule has 0 aliphatic carbocycles. The van der Waals surface area contributed by atoms with E-state index in [2.05, 4.69) is 20.7 Å². The van der Waals surface area contributed by atoms with E-state index in [1.807, 2.05) is 0 Å². The number of aliphatic hydroxyl groups excluding tert-OH is 1. The number of hydrogen-bond donors (Lipinski definition) is 2. The van der Waals surface area contributed by atoms with Crippen molar-refractivity contribution in [1.29, 1.82) is 0 Å². The zero-order valence-corrected chi connectivity index (χ0v) is 11.3. The Balaban J connectivity index is 2.68. The quantitative estimate of drug-likeness (QED) is 0.867. The van der Waals surface area contributed by atoms with E-state index in [0.717, 1.165) is 15.1 Å². The van der Waals surface area contributed by atoms with Crippen LogP contribution in [0.2, 0.25) is 0 Å². The maximum Gasteiger partial charge on any atom is 0.250 e. The standard InChI is InChI=1S/C8H12BrNO3S2/c1-2-6(11)5-10-15(12,13)8-4-3-7(9)14-8/h3-4,6,10-11H,2,5H2,1H3. The van der Waals surface area contributed by atoms with Gasteiger partial charge in [0.2, 0.25) is 10.0 Å². The van der Waals surface area contributed by atoms with E-state index in [1.54, 1.807) is 13.0 Å². The van der Waals surface area contributed by atoms with Crippen molar-refractivity contribution in [2.75, 3.05) is 6.54 Å². The van der Waals surface area contributed by atoms with E-state index in [9.17, 15) is 13.5 Å². The second-order valence-corrected chi connectivity index (χ2v) is 7.43. The normalized spacial score (nSPS) is 14.1. The van der Waals surface area contributed by atoms with E-state index in [0.29, 0.717) is 6.42 Å². The van der Waals surface area contributed by atoms with Crippen LogP contribution in [0.5, 0.6) is 0 Å². The molecule has 0 saturated carbocycles. The van der Waals surface area contributed by atoms with E-state index in [-0.39, 0.29) is 10.8 Å². The van der Waals surface area contributed by atoms with Gasteiger partial charge >= 0.3 is 0 Å². The molecule has 0 bridgehead atoms. The molecule has 0 spiro atoms. The van der Waals surface area contributed by atoms with Gasteiger partial charge in [0.1, 0.15) is 4.21 Å². The molecule has 15 heavy (non-hydrogen) atoms. The summed E-state index contributed by atoms with van der Waals surface area (Å²) in [5, 5.41) is 9.24. The monoisotopic (exact) mass is 313 g/mol. The van der Waals surface area contributed by atoms with Gasteiger partial charge in [-0.2, -0.15) is 0 Å². The lowest BCUT2D eigenvalue weighted by Crippen LogP contribution is -2.31. The largest absolute Gasteiger partial charge is 0.392 e. The summed E-state index contributed by atoms with van der Waals surface area (Å²) in [6.45, 7) is 1.84. The fourth-order valence-electron chi connectivity index (χ4n) is 0.863. The van der Waals surface area contributed by atoms with Crippen LogP contribution in [-0.4, -0.2) is 26.2 Å². The predicted octanol–water partition coefficient (Wildman–Crippen LogP) is 1.56. The Labute approximate surface area is 102 Å². The third-order valence-electron chi connectivity index (χ3n) is 1.79. The van der Waals surface area contributed by atoms with Crippen LogP contribution < -0.4 is 4.72 Å². The number of aliphatic hydroxyl groups is 1. The van der Waals surface area contributed by atoms with Crippen LogP contribution in [0.4, 0.5) is 0 Å². The van der Waals surface area contributed by atoms with Crippen LogP contribution in [-0.2, 0) is 10.0 Å². The highest BCUT2D eigenvalue weighted by Gasteiger charge is 2.17. The van der Waals surface area contributed by atoms with Gasteiger partial charge in [0.25, 0.3) is 0 Å². The Kier molecular flexibility index (Phi) is 4.72. The van der Waals surface area contributed by atoms with Crippen LogP contribution in [0, 0.1) is 0 Å². The van der Waals surface area contributed by atoms with Gasteiger partial charge in [-0.1, -0.05) is 6.92 Å². The molecule has 0 aliphatic rings. The summed E-state index contributed by atoms with van der Waals surface area (Å²) in [5.74, 6) is 0. The minimum Gasteiger partial charge on any atom is -0.392 e. The Morgan fingerprint density at radius 2 is 2.27 bits per heavy atom. The maximum absolute atomic E-state index is 11.6. The summed E-state index contributed by atoms with van der Waals surface area (Å²) >= 11 is 4.33. The second-order valence-electron chi connectivity index (χ2n) is 2.97. The number of rotatable bonds is 5. The first-order valence-corrected chi connectivity index (χ1v) is 7.48. The molecule has 4 nitrogen and oxygen atoms in total. The van der Waals surface area contributed by atoms with Crippen LogP contribution in [0.1, 0.15) is 13.3 Å². The van der Waals surface area contributed by atoms with Gasteiger partial charge in [-0.05, 0) is 34.5 Å². The van der Waals surface area contributed by atoms with Crippen molar-refractivity contribution in [3.8, 4) is 0 Å². The van der Waals surface area contributed by atoms with E-state index >= 15 is 0 Å². The predicted molar refractivity (Wildman–Crippen MR) is 63.5 cm³/mol. The zero-order valence-electron chi connectivity index (χ0n) is 8.10. The SMILES string of the molecule is CCC(O)CNS(=O)(=O)c1ccc(Br)s1. The fourth-order valence-corrected chi connectivity index (χ4v) is 3.99. The third kappa shape index (κ3) is 3.84. The number of thiophene rings is 1. The Bertz CT molecular complexity index is 415. The first-order chi connectivity index (χ1) is 6.95. The molecule has 0 fully saturated rings. The van der Waals surface area contributed by atoms with Gasteiger partial charge in [0.05, 0.1) is 9.89 Å². The van der Waals surface area contributed by atoms with Crippen LogP contribution >= 0.6 is 27.3 Å². The molecule has 1 atom stereocenters. The lowest BCUT2D eigenvalue weighted by Gasteiger charge is -2.08. The first kappa shape index (κ1) is 13.1. The van der Waals surface area contributed by atoms with Crippen LogP contribution in [0.25, 0.3) is 0 Å². The minimum absolute atomic E-state index is 0.0500. The highest BCUT2D eigenvalue weighted by Crippen LogP contribution is 2.25. The highest BCUT2D eigenvalue weighted by molar-refractivity contribution is 9.11. The van der Waals surface area contributed by atoms with E-state index in [4.69, 9.17) is 0 Å². The van der Waals surface area contributed by atoms with Crippen molar-refractivity contribution in [2.24, 2.45) is 0 Å². The smallest absolute Gasteiger partial charge is 0.250 e. The zero-order chi connectivity index (χ0) is 11.5. The van der Waals surface area contributed by atoms with Crippen molar-refractivity contribution in [1.82, 2.24) is 4.72 Å². The van der Waals surface area contributed by atoms with Gasteiger partial charge in [-0.25, -0.2) is 13.1 Å². The van der Waals surface area contributed by atoms with E-state index < -0.39 is 16.1 Å². The molecule has 0 aliphatic heterocycles. The molecule has 0 radical (unpaired) electrons. The summed E-state index contributed by atoms with van der Waals surface area (Å²) in [4.78, 5) is 0. The lowest BCUT2D eigenvalue weighted by molar-refractivity contribution is 0.174. The number of hydrogen-bond acceptors (Lipinski definition) is 4. The summed E-state index contributed by atoms with van der Waals surface area (Å²) in [5.41, 5.74) is 0. The van der Waals surface area contributed by atoms with Gasteiger partial charge < -0.3 is 5.11 Å². The number of halogens is 1. The molecule has 1 heterocycles. The molecular formula is C8H12BrNO3S2. The maximum atomic E-state index is 11.6. The molecular weight excluding hydrogens is 302 g/mol. The molecule has 1 rings (SSSR count). The van der Waals surface area contributed by atoms with Crippen molar-refractivity contribution in [2.45, 2.75) is 23.7 Å². The Morgan fingerprint density at radius 3 is 2.73 bits per heavy atom. The summed E-state index contributed by atoms with van der Waals surface area (Å²) in [6, 6.07) is 3.20. The van der Waals surface area contributed by atoms with Crippen LogP contribution in [0.3, 0.4) is 0 Å². The molecule has 0 aromatic carbocycles. The van der Waals surface area contributed by atoms with Crippen molar-refractivity contribution in [3.05, 3.63) is 15.9 Å². The lowest BCUT2D eigenvalue weighted by atomic mass is 10.3. The van der Waals surface area contributed by atoms with Crippen LogP contribution in [0.15, 0.2) is 20.1 Å². The molecule has 86 valence electrons. The number of nitrogens with one attached hydrogen (secondary N) is 1. The average molecular weight is 314 g/mol. The van der Waals surface area contributed by atoms with Crippen molar-refractivity contribution in [3.63, 3.8) is 0 Å². The minimum atomic E-state index is -3.47. The molecule has 7 heteroatoms. The fraction of sp³-hybridized carbons (Fsp3) is 0.500. The molecule has 0 saturated heterocycles. The van der Waals surface area contributed by atoms with Crippen molar-refractivity contribution >= 4 is 37.3 Å². The van der Waals surface area contributed by atoms with Gasteiger partial charge in [0.15, 0.2) is 0 Å². The molecule has 1 aromatic heterocycles. The molecule has 1 aromatic rings. The number of sulfonamides is 1. The topological polar surface area (TPSA) is 66.4 Å². The Morgan fingerprint density at radius 1 is 1.60 bits per heavy atom. The molecule has 2 N–H and O–H groups in total. The average Bonchev–Trinajstić information content (AvgIpc) is 2.62. The first-order valence-electron chi connectivity index (χ1n) is 4.38. The van der Waals surface area contributed by atoms with E-state index in [1.165, 1.54) is 6.07 Å². The van der Waals surface area contributed by atoms with Gasteiger partial charge in [0, 0.05) is 6.54 Å². The summed E-state index contributed by atoms with van der Waals surface area (Å²) in [6.07, 6.45) is -0.111. The van der Waals surface area contributed by atoms with Crippen molar-refractivity contribution < 1.29 is 13.5 Å². The molecule has 0 amide bonds. The summed E-state index contributed by atoms with van der Waals surface area (Å²) < 4.78 is 26.6. The highest BCUT2D eigenvalue weighted by atomic mass is 79.9. The molecule has 1 unspecified atom stereocenters. The third-order valence-corrected chi connectivity index (χ3v) is 5.33. The van der Waals surface area contributed by atoms with Gasteiger partial charge in [-0.15, -0.1) is 11.3 Å². The summed E-state index contributed by atoms with van der Waals surface area (Å²) in [7, 11) is -3.47.